The van der Waals surface area contributed by atoms with Gasteiger partial charge in [-0.05, 0) is 55.8 Å². The lowest BCUT2D eigenvalue weighted by molar-refractivity contribution is 0.516. The van der Waals surface area contributed by atoms with Gasteiger partial charge in [-0.25, -0.2) is 13.4 Å². The highest BCUT2D eigenvalue weighted by atomic mass is 35.5. The first-order valence-corrected chi connectivity index (χ1v) is 10.7. The maximum atomic E-state index is 12.1. The molecule has 0 radical (unpaired) electrons. The number of benzene rings is 2. The van der Waals surface area contributed by atoms with Crippen molar-refractivity contribution in [2.75, 3.05) is 5.32 Å². The van der Waals surface area contributed by atoms with Gasteiger partial charge >= 0.3 is 0 Å². The lowest BCUT2D eigenvalue weighted by atomic mass is 10.2. The van der Waals surface area contributed by atoms with E-state index >= 15 is 0 Å². The summed E-state index contributed by atoms with van der Waals surface area (Å²) in [6.07, 6.45) is 1.67. The van der Waals surface area contributed by atoms with E-state index in [4.69, 9.17) is 16.0 Å². The molecule has 0 amide bonds. The molecule has 7 heteroatoms. The third-order valence-electron chi connectivity index (χ3n) is 4.14. The molecule has 0 unspecified atom stereocenters. The van der Waals surface area contributed by atoms with Crippen LogP contribution in [0.3, 0.4) is 0 Å². The third kappa shape index (κ3) is 5.11. The number of nitrogens with one attached hydrogen (secondary N) is 1. The zero-order valence-corrected chi connectivity index (χ0v) is 16.7. The number of nitrogens with zero attached hydrogens (tertiary/aromatic N) is 1. The van der Waals surface area contributed by atoms with E-state index in [9.17, 15) is 8.42 Å². The first kappa shape index (κ1) is 19.5. The zero-order valence-electron chi connectivity index (χ0n) is 15.1. The van der Waals surface area contributed by atoms with Gasteiger partial charge in [-0.1, -0.05) is 23.7 Å². The van der Waals surface area contributed by atoms with Crippen LogP contribution in [-0.4, -0.2) is 18.7 Å². The topological polar surface area (TPSA) is 72.2 Å². The Balaban J connectivity index is 1.65. The second-order valence-corrected chi connectivity index (χ2v) is 9.53. The van der Waals surface area contributed by atoms with Crippen molar-refractivity contribution in [2.45, 2.75) is 31.4 Å². The summed E-state index contributed by atoms with van der Waals surface area (Å²) in [6, 6.07) is 14.7. The summed E-state index contributed by atoms with van der Waals surface area (Å²) in [4.78, 5) is 4.28. The van der Waals surface area contributed by atoms with E-state index in [0.717, 1.165) is 16.8 Å². The number of sulfone groups is 1. The molecule has 0 atom stereocenters. The van der Waals surface area contributed by atoms with E-state index in [1.807, 2.05) is 36.4 Å². The van der Waals surface area contributed by atoms with Gasteiger partial charge in [0.1, 0.15) is 0 Å². The van der Waals surface area contributed by atoms with Crippen molar-refractivity contribution in [1.82, 2.24) is 4.98 Å². The van der Waals surface area contributed by atoms with Crippen LogP contribution in [0.2, 0.25) is 5.02 Å². The Morgan fingerprint density at radius 1 is 1.15 bits per heavy atom. The van der Waals surface area contributed by atoms with Gasteiger partial charge in [0.2, 0.25) is 5.89 Å². The number of hydrogen-bond acceptors (Lipinski definition) is 5. The van der Waals surface area contributed by atoms with Crippen molar-refractivity contribution in [3.05, 3.63) is 71.2 Å². The molecule has 5 nitrogen and oxygen atoms in total. The summed E-state index contributed by atoms with van der Waals surface area (Å²) in [5.74, 6) is 1.24. The lowest BCUT2D eigenvalue weighted by Gasteiger charge is -2.10. The molecule has 0 fully saturated rings. The quantitative estimate of drug-likeness (QED) is 0.604. The summed E-state index contributed by atoms with van der Waals surface area (Å²) in [5, 5.41) is 3.49. The minimum absolute atomic E-state index is 0.0277. The highest BCUT2D eigenvalue weighted by molar-refractivity contribution is 7.91. The molecule has 1 heterocycles. The summed E-state index contributed by atoms with van der Waals surface area (Å²) >= 11 is 5.90. The highest BCUT2D eigenvalue weighted by Crippen LogP contribution is 2.23. The molecule has 0 saturated carbocycles. The third-order valence-corrected chi connectivity index (χ3v) is 6.56. The standard InChI is InChI=1S/C20H21ClN2O3S/c1-14(2)27(24,25)13-15-4-3-5-18(10-15)22-12-20-23-11-19(26-20)16-6-8-17(21)9-7-16/h3-11,14,22H,12-13H2,1-2H3. The van der Waals surface area contributed by atoms with Crippen LogP contribution in [0.15, 0.2) is 59.1 Å². The van der Waals surface area contributed by atoms with Gasteiger partial charge in [0, 0.05) is 16.3 Å². The molecule has 0 aliphatic carbocycles. The van der Waals surface area contributed by atoms with E-state index in [2.05, 4.69) is 10.3 Å². The number of aromatic nitrogens is 1. The average molecular weight is 405 g/mol. The number of rotatable bonds is 7. The van der Waals surface area contributed by atoms with Crippen LogP contribution in [0.1, 0.15) is 25.3 Å². The van der Waals surface area contributed by atoms with Gasteiger partial charge in [0.25, 0.3) is 0 Å². The molecule has 0 spiro atoms. The molecule has 142 valence electrons. The summed E-state index contributed by atoms with van der Waals surface area (Å²) in [5.41, 5.74) is 2.47. The Kier molecular flexibility index (Phi) is 5.87. The SMILES string of the molecule is CC(C)S(=O)(=O)Cc1cccc(NCc2ncc(-c3ccc(Cl)cc3)o2)c1. The van der Waals surface area contributed by atoms with Gasteiger partial charge in [0.15, 0.2) is 15.6 Å². The Hall–Kier alpha value is -2.31. The molecule has 1 aromatic heterocycles. The smallest absolute Gasteiger partial charge is 0.214 e. The fourth-order valence-corrected chi connectivity index (χ4v) is 3.59. The Bertz CT molecular complexity index is 1010. The van der Waals surface area contributed by atoms with Gasteiger partial charge < -0.3 is 9.73 Å². The van der Waals surface area contributed by atoms with Crippen LogP contribution in [0.5, 0.6) is 0 Å². The van der Waals surface area contributed by atoms with Gasteiger partial charge in [-0.3, -0.25) is 0 Å². The number of halogens is 1. The van der Waals surface area contributed by atoms with Crippen LogP contribution in [-0.2, 0) is 22.1 Å². The molecule has 3 rings (SSSR count). The van der Waals surface area contributed by atoms with Crippen LogP contribution in [0, 0.1) is 0 Å². The fourth-order valence-electron chi connectivity index (χ4n) is 2.49. The second-order valence-electron chi connectivity index (χ2n) is 6.54. The molecule has 1 N–H and O–H groups in total. The van der Waals surface area contributed by atoms with Crippen molar-refractivity contribution < 1.29 is 12.8 Å². The van der Waals surface area contributed by atoms with Crippen LogP contribution in [0.4, 0.5) is 5.69 Å². The predicted molar refractivity (Wildman–Crippen MR) is 108 cm³/mol. The molecule has 3 aromatic rings. The molecular weight excluding hydrogens is 384 g/mol. The van der Waals surface area contributed by atoms with Crippen molar-refractivity contribution in [1.29, 1.82) is 0 Å². The monoisotopic (exact) mass is 404 g/mol. The number of anilines is 1. The van der Waals surface area contributed by atoms with Crippen molar-refractivity contribution in [3.8, 4) is 11.3 Å². The first-order chi connectivity index (χ1) is 12.8. The van der Waals surface area contributed by atoms with Crippen molar-refractivity contribution >= 4 is 27.1 Å². The van der Waals surface area contributed by atoms with E-state index in [1.165, 1.54) is 0 Å². The van der Waals surface area contributed by atoms with E-state index < -0.39 is 15.1 Å². The van der Waals surface area contributed by atoms with Crippen molar-refractivity contribution in [3.63, 3.8) is 0 Å². The molecule has 0 aliphatic rings. The highest BCUT2D eigenvalue weighted by Gasteiger charge is 2.16. The number of hydrogen-bond donors (Lipinski definition) is 1. The molecular formula is C20H21ClN2O3S. The van der Waals surface area contributed by atoms with Crippen LogP contribution in [0.25, 0.3) is 11.3 Å². The van der Waals surface area contributed by atoms with E-state index in [1.54, 1.807) is 32.2 Å². The van der Waals surface area contributed by atoms with E-state index in [-0.39, 0.29) is 5.75 Å². The molecule has 0 saturated heterocycles. The molecule has 0 aliphatic heterocycles. The summed E-state index contributed by atoms with van der Waals surface area (Å²) in [7, 11) is -3.13. The molecule has 0 bridgehead atoms. The maximum absolute atomic E-state index is 12.1. The number of oxazole rings is 1. The maximum Gasteiger partial charge on any atom is 0.214 e. The van der Waals surface area contributed by atoms with Gasteiger partial charge in [-0.2, -0.15) is 0 Å². The summed E-state index contributed by atoms with van der Waals surface area (Å²) in [6.45, 7) is 3.78. The largest absolute Gasteiger partial charge is 0.439 e. The van der Waals surface area contributed by atoms with Gasteiger partial charge in [-0.15, -0.1) is 0 Å². The Morgan fingerprint density at radius 2 is 1.89 bits per heavy atom. The molecule has 2 aromatic carbocycles. The predicted octanol–water partition coefficient (Wildman–Crippen LogP) is 4.93. The Morgan fingerprint density at radius 3 is 2.59 bits per heavy atom. The zero-order chi connectivity index (χ0) is 19.4. The minimum atomic E-state index is -3.13. The van der Waals surface area contributed by atoms with E-state index in [0.29, 0.717) is 23.2 Å². The van der Waals surface area contributed by atoms with Crippen molar-refractivity contribution in [2.24, 2.45) is 0 Å². The summed E-state index contributed by atoms with van der Waals surface area (Å²) < 4.78 is 30.0. The van der Waals surface area contributed by atoms with Gasteiger partial charge in [0.05, 0.1) is 23.7 Å². The average Bonchev–Trinajstić information content (AvgIpc) is 3.09. The fraction of sp³-hybridized carbons (Fsp3) is 0.250. The Labute approximate surface area is 164 Å². The second kappa shape index (κ2) is 8.15. The lowest BCUT2D eigenvalue weighted by Crippen LogP contribution is -2.16. The first-order valence-electron chi connectivity index (χ1n) is 8.58. The minimum Gasteiger partial charge on any atom is -0.439 e. The van der Waals surface area contributed by atoms with Crippen LogP contribution < -0.4 is 5.32 Å². The normalized spacial score (nSPS) is 11.7. The molecule has 27 heavy (non-hydrogen) atoms. The van der Waals surface area contributed by atoms with Crippen LogP contribution >= 0.6 is 11.6 Å².